The highest BCUT2D eigenvalue weighted by molar-refractivity contribution is 6.33. The van der Waals surface area contributed by atoms with Crippen LogP contribution >= 0.6 is 11.6 Å². The van der Waals surface area contributed by atoms with Crippen LogP contribution in [0.3, 0.4) is 0 Å². The molecular weight excluding hydrogens is 288 g/mol. The van der Waals surface area contributed by atoms with Crippen LogP contribution in [-0.4, -0.2) is 13.0 Å². The summed E-state index contributed by atoms with van der Waals surface area (Å²) >= 11 is 5.85. The minimum Gasteiger partial charge on any atom is -0.496 e. The molecule has 0 heterocycles. The van der Waals surface area contributed by atoms with Crippen molar-refractivity contribution in [2.45, 2.75) is 13.8 Å². The normalized spacial score (nSPS) is 10.3. The number of nitrogen functional groups attached to an aromatic ring is 1. The van der Waals surface area contributed by atoms with Gasteiger partial charge in [-0.2, -0.15) is 0 Å². The minimum atomic E-state index is -0.243. The molecule has 0 bridgehead atoms. The fraction of sp³-hybridized carbons (Fsp3) is 0.188. The van der Waals surface area contributed by atoms with Crippen molar-refractivity contribution in [2.75, 3.05) is 18.2 Å². The SMILES string of the molecule is COc1c(C)ccc(NC(=O)c2ccc(Cl)c(N)c2)c1C. The van der Waals surface area contributed by atoms with Crippen LogP contribution in [0.25, 0.3) is 0 Å². The molecule has 0 saturated carbocycles. The second-order valence-corrected chi connectivity index (χ2v) is 5.19. The van der Waals surface area contributed by atoms with E-state index in [9.17, 15) is 4.79 Å². The maximum Gasteiger partial charge on any atom is 0.255 e. The van der Waals surface area contributed by atoms with E-state index in [1.54, 1.807) is 25.3 Å². The highest BCUT2D eigenvalue weighted by Crippen LogP contribution is 2.29. The lowest BCUT2D eigenvalue weighted by Gasteiger charge is -2.14. The van der Waals surface area contributed by atoms with Gasteiger partial charge in [0.1, 0.15) is 5.75 Å². The molecule has 0 unspecified atom stereocenters. The Balaban J connectivity index is 2.29. The zero-order valence-corrected chi connectivity index (χ0v) is 12.9. The number of rotatable bonds is 3. The van der Waals surface area contributed by atoms with Gasteiger partial charge in [-0.05, 0) is 43.7 Å². The van der Waals surface area contributed by atoms with Crippen LogP contribution in [0.2, 0.25) is 5.02 Å². The van der Waals surface area contributed by atoms with Gasteiger partial charge < -0.3 is 15.8 Å². The number of methoxy groups -OCH3 is 1. The van der Waals surface area contributed by atoms with Gasteiger partial charge in [-0.15, -0.1) is 0 Å². The van der Waals surface area contributed by atoms with Crippen molar-refractivity contribution in [2.24, 2.45) is 0 Å². The standard InChI is InChI=1S/C16H17ClN2O2/c1-9-4-7-14(10(2)15(9)21-3)19-16(20)11-5-6-12(17)13(18)8-11/h4-8H,18H2,1-3H3,(H,19,20). The molecule has 0 radical (unpaired) electrons. The Bertz CT molecular complexity index is 699. The van der Waals surface area contributed by atoms with E-state index in [1.165, 1.54) is 0 Å². The van der Waals surface area contributed by atoms with Crippen LogP contribution < -0.4 is 15.8 Å². The number of carbonyl (C=O) groups excluding carboxylic acids is 1. The Morgan fingerprint density at radius 1 is 1.24 bits per heavy atom. The first-order valence-electron chi connectivity index (χ1n) is 6.44. The lowest BCUT2D eigenvalue weighted by Crippen LogP contribution is -2.13. The van der Waals surface area contributed by atoms with E-state index < -0.39 is 0 Å². The average molecular weight is 305 g/mol. The summed E-state index contributed by atoms with van der Waals surface area (Å²) in [4.78, 5) is 12.3. The Hall–Kier alpha value is -2.20. The molecule has 2 rings (SSSR count). The number of aryl methyl sites for hydroxylation is 1. The van der Waals surface area contributed by atoms with Gasteiger partial charge in [0.05, 0.1) is 17.8 Å². The lowest BCUT2D eigenvalue weighted by atomic mass is 10.1. The number of halogens is 1. The number of amides is 1. The topological polar surface area (TPSA) is 64.3 Å². The third-order valence-corrected chi connectivity index (χ3v) is 3.66. The molecule has 0 aliphatic carbocycles. The van der Waals surface area contributed by atoms with E-state index in [4.69, 9.17) is 22.1 Å². The number of benzene rings is 2. The van der Waals surface area contributed by atoms with E-state index in [0.717, 1.165) is 16.9 Å². The van der Waals surface area contributed by atoms with Crippen molar-refractivity contribution in [3.05, 3.63) is 52.0 Å². The largest absolute Gasteiger partial charge is 0.496 e. The van der Waals surface area contributed by atoms with Crippen LogP contribution in [0.1, 0.15) is 21.5 Å². The van der Waals surface area contributed by atoms with Crippen LogP contribution in [0.15, 0.2) is 30.3 Å². The van der Waals surface area contributed by atoms with Gasteiger partial charge in [-0.1, -0.05) is 17.7 Å². The Labute approximate surface area is 128 Å². The van der Waals surface area contributed by atoms with Gasteiger partial charge in [-0.25, -0.2) is 0 Å². The van der Waals surface area contributed by atoms with E-state index in [-0.39, 0.29) is 5.91 Å². The maximum absolute atomic E-state index is 12.3. The zero-order valence-electron chi connectivity index (χ0n) is 12.2. The molecule has 4 nitrogen and oxygen atoms in total. The predicted octanol–water partition coefficient (Wildman–Crippen LogP) is 3.80. The summed E-state index contributed by atoms with van der Waals surface area (Å²) in [5.74, 6) is 0.524. The van der Waals surface area contributed by atoms with Gasteiger partial charge in [0.15, 0.2) is 0 Å². The molecule has 1 amide bonds. The molecule has 0 saturated heterocycles. The summed E-state index contributed by atoms with van der Waals surface area (Å²) in [5, 5.41) is 3.29. The molecule has 5 heteroatoms. The van der Waals surface area contributed by atoms with Crippen molar-refractivity contribution in [1.82, 2.24) is 0 Å². The van der Waals surface area contributed by atoms with E-state index >= 15 is 0 Å². The maximum atomic E-state index is 12.3. The summed E-state index contributed by atoms with van der Waals surface area (Å²) in [7, 11) is 1.61. The fourth-order valence-electron chi connectivity index (χ4n) is 2.16. The lowest BCUT2D eigenvalue weighted by molar-refractivity contribution is 0.102. The van der Waals surface area contributed by atoms with E-state index in [0.29, 0.717) is 22.0 Å². The van der Waals surface area contributed by atoms with E-state index in [1.807, 2.05) is 26.0 Å². The first kappa shape index (κ1) is 15.2. The van der Waals surface area contributed by atoms with Crippen molar-refractivity contribution in [1.29, 1.82) is 0 Å². The molecule has 2 aromatic carbocycles. The molecule has 3 N–H and O–H groups in total. The van der Waals surface area contributed by atoms with Crippen molar-refractivity contribution >= 4 is 28.9 Å². The molecule has 2 aromatic rings. The number of carbonyl (C=O) groups is 1. The third kappa shape index (κ3) is 3.11. The highest BCUT2D eigenvalue weighted by Gasteiger charge is 2.12. The molecule has 0 fully saturated rings. The molecule has 0 aromatic heterocycles. The monoisotopic (exact) mass is 304 g/mol. The smallest absolute Gasteiger partial charge is 0.255 e. The number of nitrogens with two attached hydrogens (primary N) is 1. The van der Waals surface area contributed by atoms with Crippen LogP contribution in [0, 0.1) is 13.8 Å². The summed E-state index contributed by atoms with van der Waals surface area (Å²) in [5.41, 5.74) is 9.15. The summed E-state index contributed by atoms with van der Waals surface area (Å²) < 4.78 is 5.35. The molecule has 0 atom stereocenters. The average Bonchev–Trinajstić information content (AvgIpc) is 2.45. The van der Waals surface area contributed by atoms with Crippen LogP contribution in [0.5, 0.6) is 5.75 Å². The zero-order chi connectivity index (χ0) is 15.6. The first-order chi connectivity index (χ1) is 9.93. The molecular formula is C16H17ClN2O2. The minimum absolute atomic E-state index is 0.243. The van der Waals surface area contributed by atoms with Gasteiger partial charge >= 0.3 is 0 Å². The van der Waals surface area contributed by atoms with Gasteiger partial charge in [0.2, 0.25) is 0 Å². The first-order valence-corrected chi connectivity index (χ1v) is 6.82. The van der Waals surface area contributed by atoms with Crippen LogP contribution in [-0.2, 0) is 0 Å². The summed E-state index contributed by atoms with van der Waals surface area (Å²) in [6.07, 6.45) is 0. The van der Waals surface area contributed by atoms with Gasteiger partial charge in [0.25, 0.3) is 5.91 Å². The molecule has 0 spiro atoms. The molecule has 21 heavy (non-hydrogen) atoms. The van der Waals surface area contributed by atoms with Gasteiger partial charge in [0, 0.05) is 16.8 Å². The van der Waals surface area contributed by atoms with E-state index in [2.05, 4.69) is 5.32 Å². The van der Waals surface area contributed by atoms with Crippen molar-refractivity contribution < 1.29 is 9.53 Å². The van der Waals surface area contributed by atoms with Crippen molar-refractivity contribution in [3.63, 3.8) is 0 Å². The number of nitrogens with one attached hydrogen (secondary N) is 1. The third-order valence-electron chi connectivity index (χ3n) is 3.31. The summed E-state index contributed by atoms with van der Waals surface area (Å²) in [6, 6.07) is 8.55. The Morgan fingerprint density at radius 2 is 1.95 bits per heavy atom. The second-order valence-electron chi connectivity index (χ2n) is 4.78. The Morgan fingerprint density at radius 3 is 2.57 bits per heavy atom. The Kier molecular flexibility index (Phi) is 4.38. The molecule has 0 aliphatic rings. The van der Waals surface area contributed by atoms with Gasteiger partial charge in [-0.3, -0.25) is 4.79 Å². The number of hydrogen-bond donors (Lipinski definition) is 2. The predicted molar refractivity (Wildman–Crippen MR) is 86.3 cm³/mol. The summed E-state index contributed by atoms with van der Waals surface area (Å²) in [6.45, 7) is 3.86. The quantitative estimate of drug-likeness (QED) is 0.848. The fourth-order valence-corrected chi connectivity index (χ4v) is 2.27. The second kappa shape index (κ2) is 6.06. The highest BCUT2D eigenvalue weighted by atomic mass is 35.5. The number of ether oxygens (including phenoxy) is 1. The molecule has 0 aliphatic heterocycles. The molecule has 110 valence electrons. The van der Waals surface area contributed by atoms with Crippen molar-refractivity contribution in [3.8, 4) is 5.75 Å². The number of anilines is 2. The van der Waals surface area contributed by atoms with Crippen LogP contribution in [0.4, 0.5) is 11.4 Å². The number of hydrogen-bond acceptors (Lipinski definition) is 3.